The Hall–Kier alpha value is -0.500. The first-order chi connectivity index (χ1) is 32.5. The maximum Gasteiger partial charge on any atom is 0.268 e. The van der Waals surface area contributed by atoms with Crippen LogP contribution in [0.5, 0.6) is 0 Å². The zero-order chi connectivity index (χ0) is 49.2. The van der Waals surface area contributed by atoms with Gasteiger partial charge in [0, 0.05) is 6.42 Å². The Labute approximate surface area is 419 Å². The quantitative estimate of drug-likeness (QED) is 0.0357. The van der Waals surface area contributed by atoms with Crippen LogP contribution in [0.1, 0.15) is 316 Å². The molecule has 402 valence electrons. The van der Waals surface area contributed by atoms with E-state index in [9.17, 15) is 19.4 Å². The van der Waals surface area contributed by atoms with E-state index in [2.05, 4.69) is 19.2 Å². The molecule has 0 spiro atoms. The number of likely N-dealkylation sites (N-methyl/N-ethyl adjacent to an activating group) is 1. The van der Waals surface area contributed by atoms with Crippen molar-refractivity contribution in [1.29, 1.82) is 0 Å². The van der Waals surface area contributed by atoms with Gasteiger partial charge in [-0.2, -0.15) is 0 Å². The summed E-state index contributed by atoms with van der Waals surface area (Å²) in [7, 11) is 1.32. The fourth-order valence-electron chi connectivity index (χ4n) is 9.40. The van der Waals surface area contributed by atoms with Crippen LogP contribution in [-0.2, 0) is 18.4 Å². The molecule has 0 aliphatic heterocycles. The van der Waals surface area contributed by atoms with Crippen molar-refractivity contribution >= 4 is 13.7 Å². The van der Waals surface area contributed by atoms with Crippen LogP contribution < -0.4 is 10.2 Å². The van der Waals surface area contributed by atoms with Crippen molar-refractivity contribution in [1.82, 2.24) is 5.32 Å². The normalized spacial score (nSPS) is 13.8. The SMILES string of the molecule is CCCCCCCCCCCCCCCCCCCCCCCCCCCCCCCCCCCCCCCC(=O)NC(COP(=O)([O-])OCC[N+](C)(C)C)C(O)CCCCCCCCCC. The Morgan fingerprint density at radius 2 is 0.731 bits per heavy atom. The Bertz CT molecular complexity index is 1060. The molecule has 0 heterocycles. The molecule has 3 atom stereocenters. The van der Waals surface area contributed by atoms with E-state index in [0.717, 1.165) is 38.5 Å². The van der Waals surface area contributed by atoms with Gasteiger partial charge in [-0.25, -0.2) is 0 Å². The molecule has 0 fully saturated rings. The zero-order valence-electron chi connectivity index (χ0n) is 45.9. The van der Waals surface area contributed by atoms with E-state index in [1.54, 1.807) is 0 Å². The zero-order valence-corrected chi connectivity index (χ0v) is 46.8. The second-order valence-electron chi connectivity index (χ2n) is 22.1. The number of nitrogens with one attached hydrogen (secondary N) is 1. The van der Waals surface area contributed by atoms with E-state index in [-0.39, 0.29) is 19.1 Å². The summed E-state index contributed by atoms with van der Waals surface area (Å²) in [6.45, 7) is 4.72. The maximum absolute atomic E-state index is 12.9. The van der Waals surface area contributed by atoms with Gasteiger partial charge in [0.2, 0.25) is 5.91 Å². The molecule has 0 saturated carbocycles. The van der Waals surface area contributed by atoms with Gasteiger partial charge in [0.25, 0.3) is 7.82 Å². The van der Waals surface area contributed by atoms with Crippen molar-refractivity contribution in [2.75, 3.05) is 40.9 Å². The average molecular weight is 972 g/mol. The first-order valence-electron chi connectivity index (χ1n) is 29.9. The van der Waals surface area contributed by atoms with Crippen molar-refractivity contribution < 1.29 is 32.9 Å². The van der Waals surface area contributed by atoms with Crippen molar-refractivity contribution in [2.24, 2.45) is 0 Å². The lowest BCUT2D eigenvalue weighted by Crippen LogP contribution is -2.46. The van der Waals surface area contributed by atoms with Crippen molar-refractivity contribution in [3.63, 3.8) is 0 Å². The summed E-state index contributed by atoms with van der Waals surface area (Å²) >= 11 is 0. The number of unbranched alkanes of at least 4 members (excludes halogenated alkanes) is 43. The minimum atomic E-state index is -4.56. The third-order valence-electron chi connectivity index (χ3n) is 14.1. The van der Waals surface area contributed by atoms with Gasteiger partial charge in [-0.15, -0.1) is 0 Å². The lowest BCUT2D eigenvalue weighted by molar-refractivity contribution is -0.870. The number of nitrogens with zero attached hydrogens (tertiary/aromatic N) is 1. The molecule has 0 aliphatic rings. The second-order valence-corrected chi connectivity index (χ2v) is 23.5. The van der Waals surface area contributed by atoms with E-state index in [0.29, 0.717) is 23.9 Å². The Balaban J connectivity index is 3.73. The van der Waals surface area contributed by atoms with Crippen LogP contribution in [-0.4, -0.2) is 68.5 Å². The van der Waals surface area contributed by atoms with Crippen molar-refractivity contribution in [3.05, 3.63) is 0 Å². The number of aliphatic hydroxyl groups is 1. The van der Waals surface area contributed by atoms with Crippen molar-refractivity contribution in [2.45, 2.75) is 328 Å². The third kappa shape index (κ3) is 53.1. The smallest absolute Gasteiger partial charge is 0.268 e. The summed E-state index contributed by atoms with van der Waals surface area (Å²) in [5, 5.41) is 13.9. The Kier molecular flexibility index (Phi) is 50.1. The fraction of sp³-hybridized carbons (Fsp3) is 0.983. The average Bonchev–Trinajstić information content (AvgIpc) is 3.29. The van der Waals surface area contributed by atoms with Gasteiger partial charge < -0.3 is 28.8 Å². The predicted octanol–water partition coefficient (Wildman–Crippen LogP) is 17.4. The monoisotopic (exact) mass is 971 g/mol. The highest BCUT2D eigenvalue weighted by atomic mass is 31.2. The summed E-state index contributed by atoms with van der Waals surface area (Å²) in [4.78, 5) is 25.3. The molecule has 0 aromatic heterocycles. The standard InChI is InChI=1S/C58H119N2O6P/c1-6-8-10-12-14-16-17-18-19-20-21-22-23-24-25-26-27-28-29-30-31-32-33-34-35-36-37-38-39-40-41-42-43-44-46-48-50-52-58(62)59-56(55-66-67(63,64)65-54-53-60(3,4)5)57(61)51-49-47-45-15-13-11-9-7-2/h56-57,61H,6-55H2,1-5H3,(H-,59,62,63,64). The van der Waals surface area contributed by atoms with E-state index in [1.165, 1.54) is 250 Å². The molecule has 0 bridgehead atoms. The Morgan fingerprint density at radius 1 is 0.463 bits per heavy atom. The number of carbonyl (C=O) groups is 1. The summed E-state index contributed by atoms with van der Waals surface area (Å²) in [5.74, 6) is -0.161. The maximum atomic E-state index is 12.9. The molecule has 0 aliphatic carbocycles. The number of rotatable bonds is 56. The molecule has 0 aromatic rings. The number of hydrogen-bond acceptors (Lipinski definition) is 6. The molecule has 9 heteroatoms. The minimum absolute atomic E-state index is 0.0158. The molecule has 2 N–H and O–H groups in total. The van der Waals surface area contributed by atoms with Gasteiger partial charge >= 0.3 is 0 Å². The van der Waals surface area contributed by atoms with Crippen LogP contribution in [0.15, 0.2) is 0 Å². The number of aliphatic hydroxyl groups excluding tert-OH is 1. The third-order valence-corrected chi connectivity index (χ3v) is 15.1. The largest absolute Gasteiger partial charge is 0.756 e. The minimum Gasteiger partial charge on any atom is -0.756 e. The highest BCUT2D eigenvalue weighted by Gasteiger charge is 2.24. The molecule has 0 saturated heterocycles. The number of carbonyl (C=O) groups excluding carboxylic acids is 1. The van der Waals surface area contributed by atoms with Gasteiger partial charge in [-0.05, 0) is 12.8 Å². The van der Waals surface area contributed by atoms with Crippen LogP contribution >= 0.6 is 7.82 Å². The van der Waals surface area contributed by atoms with Crippen LogP contribution in [0, 0.1) is 0 Å². The molecule has 0 rings (SSSR count). The van der Waals surface area contributed by atoms with Crippen molar-refractivity contribution in [3.8, 4) is 0 Å². The molecule has 8 nitrogen and oxygen atoms in total. The van der Waals surface area contributed by atoms with E-state index < -0.39 is 20.0 Å². The summed E-state index contributed by atoms with van der Waals surface area (Å²) in [5.41, 5.74) is 0. The van der Waals surface area contributed by atoms with Crippen LogP contribution in [0.25, 0.3) is 0 Å². The summed E-state index contributed by atoms with van der Waals surface area (Å²) < 4.78 is 23.3. The fourth-order valence-corrected chi connectivity index (χ4v) is 10.1. The number of quaternary nitrogens is 1. The second kappa shape index (κ2) is 50.4. The van der Waals surface area contributed by atoms with Gasteiger partial charge in [0.15, 0.2) is 0 Å². The molecular weight excluding hydrogens is 852 g/mol. The van der Waals surface area contributed by atoms with Gasteiger partial charge in [-0.1, -0.05) is 296 Å². The van der Waals surface area contributed by atoms with Gasteiger partial charge in [0.1, 0.15) is 13.2 Å². The predicted molar refractivity (Wildman–Crippen MR) is 289 cm³/mol. The number of amides is 1. The molecule has 3 unspecified atom stereocenters. The van der Waals surface area contributed by atoms with Gasteiger partial charge in [0.05, 0.1) is 39.9 Å². The molecule has 0 radical (unpaired) electrons. The van der Waals surface area contributed by atoms with Crippen LogP contribution in [0.3, 0.4) is 0 Å². The number of phosphoric acid groups is 1. The first kappa shape index (κ1) is 66.5. The summed E-state index contributed by atoms with van der Waals surface area (Å²) in [6.07, 6.45) is 60.6. The van der Waals surface area contributed by atoms with E-state index in [4.69, 9.17) is 9.05 Å². The topological polar surface area (TPSA) is 108 Å². The number of phosphoric ester groups is 1. The van der Waals surface area contributed by atoms with Crippen LogP contribution in [0.2, 0.25) is 0 Å². The molecule has 67 heavy (non-hydrogen) atoms. The van der Waals surface area contributed by atoms with E-state index >= 15 is 0 Å². The Morgan fingerprint density at radius 3 is 1.01 bits per heavy atom. The highest BCUT2D eigenvalue weighted by Crippen LogP contribution is 2.38. The summed E-state index contributed by atoms with van der Waals surface area (Å²) in [6, 6.07) is -0.792. The van der Waals surface area contributed by atoms with Gasteiger partial charge in [-0.3, -0.25) is 9.36 Å². The van der Waals surface area contributed by atoms with E-state index in [1.807, 2.05) is 21.1 Å². The first-order valence-corrected chi connectivity index (χ1v) is 31.3. The highest BCUT2D eigenvalue weighted by molar-refractivity contribution is 7.45. The molecule has 1 amide bonds. The van der Waals surface area contributed by atoms with Crippen LogP contribution in [0.4, 0.5) is 0 Å². The molecule has 0 aromatic carbocycles. The lowest BCUT2D eigenvalue weighted by atomic mass is 10.0. The molecular formula is C58H119N2O6P. The lowest BCUT2D eigenvalue weighted by Gasteiger charge is -2.30. The number of hydrogen-bond donors (Lipinski definition) is 2.